The van der Waals surface area contributed by atoms with Crippen LogP contribution in [0.25, 0.3) is 0 Å². The molecule has 0 amide bonds. The number of rotatable bonds is 1. The second-order valence-electron chi connectivity index (χ2n) is 4.70. The molecule has 0 aromatic rings. The van der Waals surface area contributed by atoms with E-state index in [1.807, 2.05) is 0 Å². The van der Waals surface area contributed by atoms with E-state index in [1.165, 1.54) is 0 Å². The Morgan fingerprint density at radius 2 is 2.00 bits per heavy atom. The number of hydrogen-bond acceptors (Lipinski definition) is 2. The fourth-order valence-electron chi connectivity index (χ4n) is 2.16. The largest absolute Gasteiger partial charge is 0.391 e. The minimum Gasteiger partial charge on any atom is -0.391 e. The topological polar surface area (TPSA) is 23.5 Å². The van der Waals surface area contributed by atoms with Crippen molar-refractivity contribution in [3.05, 3.63) is 0 Å². The molecule has 1 fully saturated rings. The molecule has 0 radical (unpaired) electrons. The van der Waals surface area contributed by atoms with Crippen LogP contribution in [0.2, 0.25) is 0 Å². The van der Waals surface area contributed by atoms with Crippen molar-refractivity contribution in [1.29, 1.82) is 0 Å². The molecule has 1 aliphatic rings. The minimum absolute atomic E-state index is 0.103. The molecule has 72 valence electrons. The van der Waals surface area contributed by atoms with Crippen LogP contribution in [0.3, 0.4) is 0 Å². The smallest absolute Gasteiger partial charge is 0.0707 e. The third-order valence-corrected chi connectivity index (χ3v) is 2.79. The first kappa shape index (κ1) is 10.0. The van der Waals surface area contributed by atoms with E-state index < -0.39 is 0 Å². The lowest BCUT2D eigenvalue weighted by atomic mass is 10.0. The molecule has 0 spiro atoms. The maximum Gasteiger partial charge on any atom is 0.0707 e. The lowest BCUT2D eigenvalue weighted by molar-refractivity contribution is 0.0619. The van der Waals surface area contributed by atoms with Gasteiger partial charge >= 0.3 is 0 Å². The summed E-state index contributed by atoms with van der Waals surface area (Å²) in [6, 6.07) is 0.380. The average Bonchev–Trinajstić information content (AvgIpc) is 2.29. The first-order valence-corrected chi connectivity index (χ1v) is 4.91. The molecule has 12 heavy (non-hydrogen) atoms. The molecule has 2 nitrogen and oxygen atoms in total. The summed E-state index contributed by atoms with van der Waals surface area (Å²) in [4.78, 5) is 2.41. The zero-order valence-corrected chi connectivity index (χ0v) is 8.67. The molecule has 0 saturated carbocycles. The Kier molecular flexibility index (Phi) is 2.79. The third-order valence-electron chi connectivity index (χ3n) is 2.79. The Hall–Kier alpha value is -0.0800. The van der Waals surface area contributed by atoms with Crippen molar-refractivity contribution < 1.29 is 5.11 Å². The SMILES string of the molecule is CC[C@@H]1[C@@H](O)CCN1C(C)(C)C. The van der Waals surface area contributed by atoms with Crippen molar-refractivity contribution in [2.45, 2.75) is 58.2 Å². The Labute approximate surface area is 75.6 Å². The highest BCUT2D eigenvalue weighted by Crippen LogP contribution is 2.28. The van der Waals surface area contributed by atoms with E-state index in [1.54, 1.807) is 0 Å². The highest BCUT2D eigenvalue weighted by Gasteiger charge is 2.37. The van der Waals surface area contributed by atoms with Gasteiger partial charge in [-0.1, -0.05) is 6.92 Å². The van der Waals surface area contributed by atoms with Crippen LogP contribution in [0, 0.1) is 0 Å². The predicted octanol–water partition coefficient (Wildman–Crippen LogP) is 1.63. The number of likely N-dealkylation sites (tertiary alicyclic amines) is 1. The van der Waals surface area contributed by atoms with Crippen LogP contribution in [-0.4, -0.2) is 34.2 Å². The summed E-state index contributed by atoms with van der Waals surface area (Å²) in [6.07, 6.45) is 1.89. The monoisotopic (exact) mass is 171 g/mol. The third kappa shape index (κ3) is 1.80. The molecule has 0 bridgehead atoms. The lowest BCUT2D eigenvalue weighted by Crippen LogP contribution is -2.46. The second kappa shape index (κ2) is 3.35. The summed E-state index contributed by atoms with van der Waals surface area (Å²) in [5.41, 5.74) is 0.207. The molecule has 2 heteroatoms. The number of aliphatic hydroxyl groups is 1. The molecular formula is C10H21NO. The summed E-state index contributed by atoms with van der Waals surface area (Å²) in [7, 11) is 0. The molecule has 2 atom stereocenters. The van der Waals surface area contributed by atoms with Crippen LogP contribution < -0.4 is 0 Å². The molecule has 0 aromatic carbocycles. The molecule has 1 N–H and O–H groups in total. The van der Waals surface area contributed by atoms with Crippen molar-refractivity contribution in [2.24, 2.45) is 0 Å². The molecule has 1 aliphatic heterocycles. The highest BCUT2D eigenvalue weighted by molar-refractivity contribution is 4.92. The molecule has 0 aliphatic carbocycles. The van der Waals surface area contributed by atoms with Crippen LogP contribution >= 0.6 is 0 Å². The summed E-state index contributed by atoms with van der Waals surface area (Å²) in [5, 5.41) is 9.68. The van der Waals surface area contributed by atoms with Gasteiger partial charge in [-0.15, -0.1) is 0 Å². The molecule has 0 unspecified atom stereocenters. The number of hydrogen-bond donors (Lipinski definition) is 1. The van der Waals surface area contributed by atoms with E-state index in [9.17, 15) is 5.11 Å². The van der Waals surface area contributed by atoms with Gasteiger partial charge in [0.05, 0.1) is 6.10 Å². The number of aliphatic hydroxyl groups excluding tert-OH is 1. The fourth-order valence-corrected chi connectivity index (χ4v) is 2.16. The van der Waals surface area contributed by atoms with Crippen LogP contribution in [0.1, 0.15) is 40.5 Å². The van der Waals surface area contributed by atoms with Crippen molar-refractivity contribution in [2.75, 3.05) is 6.54 Å². The standard InChI is InChI=1S/C10H21NO/c1-5-8-9(12)6-7-11(8)10(2,3)4/h8-9,12H,5-7H2,1-4H3/t8-,9+/m1/s1. The average molecular weight is 171 g/mol. The van der Waals surface area contributed by atoms with Crippen molar-refractivity contribution in [1.82, 2.24) is 4.90 Å². The van der Waals surface area contributed by atoms with Gasteiger partial charge in [0.15, 0.2) is 0 Å². The van der Waals surface area contributed by atoms with Gasteiger partial charge in [-0.3, -0.25) is 4.90 Å². The van der Waals surface area contributed by atoms with Gasteiger partial charge in [0.2, 0.25) is 0 Å². The van der Waals surface area contributed by atoms with Gasteiger partial charge in [0, 0.05) is 18.1 Å². The van der Waals surface area contributed by atoms with Crippen LogP contribution in [0.5, 0.6) is 0 Å². The summed E-state index contributed by atoms with van der Waals surface area (Å²) in [6.45, 7) is 9.84. The summed E-state index contributed by atoms with van der Waals surface area (Å²) >= 11 is 0. The minimum atomic E-state index is -0.103. The van der Waals surface area contributed by atoms with Crippen molar-refractivity contribution in [3.8, 4) is 0 Å². The molecule has 1 saturated heterocycles. The van der Waals surface area contributed by atoms with E-state index >= 15 is 0 Å². The van der Waals surface area contributed by atoms with Gasteiger partial charge in [-0.2, -0.15) is 0 Å². The second-order valence-corrected chi connectivity index (χ2v) is 4.70. The van der Waals surface area contributed by atoms with E-state index in [-0.39, 0.29) is 11.6 Å². The van der Waals surface area contributed by atoms with Crippen molar-refractivity contribution >= 4 is 0 Å². The van der Waals surface area contributed by atoms with Crippen molar-refractivity contribution in [3.63, 3.8) is 0 Å². The summed E-state index contributed by atoms with van der Waals surface area (Å²) < 4.78 is 0. The first-order chi connectivity index (χ1) is 5.46. The predicted molar refractivity (Wildman–Crippen MR) is 51.2 cm³/mol. The maximum atomic E-state index is 9.68. The first-order valence-electron chi connectivity index (χ1n) is 4.91. The van der Waals surface area contributed by atoms with Gasteiger partial charge in [0.1, 0.15) is 0 Å². The Morgan fingerprint density at radius 3 is 2.33 bits per heavy atom. The fraction of sp³-hybridized carbons (Fsp3) is 1.00. The number of nitrogens with zero attached hydrogens (tertiary/aromatic N) is 1. The van der Waals surface area contributed by atoms with Gasteiger partial charge in [-0.25, -0.2) is 0 Å². The quantitative estimate of drug-likeness (QED) is 0.648. The van der Waals surface area contributed by atoms with Gasteiger partial charge in [-0.05, 0) is 33.6 Å². The zero-order valence-electron chi connectivity index (χ0n) is 8.67. The molecular weight excluding hydrogens is 150 g/mol. The maximum absolute atomic E-state index is 9.68. The van der Waals surface area contributed by atoms with E-state index in [4.69, 9.17) is 0 Å². The van der Waals surface area contributed by atoms with Crippen LogP contribution in [-0.2, 0) is 0 Å². The summed E-state index contributed by atoms with van der Waals surface area (Å²) in [5.74, 6) is 0. The van der Waals surface area contributed by atoms with E-state index in [0.29, 0.717) is 6.04 Å². The lowest BCUT2D eigenvalue weighted by Gasteiger charge is -2.37. The Morgan fingerprint density at radius 1 is 1.42 bits per heavy atom. The van der Waals surface area contributed by atoms with E-state index in [2.05, 4.69) is 32.6 Å². The van der Waals surface area contributed by atoms with Crippen LogP contribution in [0.15, 0.2) is 0 Å². The highest BCUT2D eigenvalue weighted by atomic mass is 16.3. The molecule has 1 rings (SSSR count). The van der Waals surface area contributed by atoms with Gasteiger partial charge in [0.25, 0.3) is 0 Å². The Bertz CT molecular complexity index is 150. The normalized spacial score (nSPS) is 32.8. The molecule has 1 heterocycles. The van der Waals surface area contributed by atoms with Gasteiger partial charge < -0.3 is 5.11 Å². The van der Waals surface area contributed by atoms with Crippen LogP contribution in [0.4, 0.5) is 0 Å². The zero-order chi connectivity index (χ0) is 9.35. The Balaban J connectivity index is 2.67. The molecule has 0 aromatic heterocycles. The van der Waals surface area contributed by atoms with E-state index in [0.717, 1.165) is 19.4 Å².